The molecule has 4 aromatic rings. The van der Waals surface area contributed by atoms with Gasteiger partial charge in [-0.2, -0.15) is 4.98 Å². The van der Waals surface area contributed by atoms with Crippen LogP contribution in [0.4, 0.5) is 17.4 Å². The van der Waals surface area contributed by atoms with Crippen LogP contribution in [0, 0.1) is 12.8 Å². The monoisotopic (exact) mass is 645 g/mol. The molecule has 0 bridgehead atoms. The Hall–Kier alpha value is -4.45. The number of aliphatic carboxylic acids is 1. The fourth-order valence-electron chi connectivity index (χ4n) is 6.06. The number of carbonyl (C=O) groups is 3. The Morgan fingerprint density at radius 1 is 1.07 bits per heavy atom. The third-order valence-corrected chi connectivity index (χ3v) is 9.11. The lowest BCUT2D eigenvalue weighted by Gasteiger charge is -2.28. The SMILES string of the molecule is Cc1cccc(Cl)c1Nc1nc2ccc(CC(=O)N(C)c3ccc(C4CN(C(=O)CN5CCOCC5)CC4C(=O)O)cc3)cc2o1. The van der Waals surface area contributed by atoms with Gasteiger partial charge in [-0.3, -0.25) is 19.3 Å². The highest BCUT2D eigenvalue weighted by molar-refractivity contribution is 6.33. The minimum atomic E-state index is -0.923. The van der Waals surface area contributed by atoms with E-state index in [0.29, 0.717) is 60.7 Å². The molecule has 0 aliphatic carbocycles. The second-order valence-electron chi connectivity index (χ2n) is 11.8. The van der Waals surface area contributed by atoms with Crippen molar-refractivity contribution in [3.63, 3.8) is 0 Å². The Morgan fingerprint density at radius 2 is 1.83 bits per heavy atom. The first-order valence-electron chi connectivity index (χ1n) is 15.2. The third kappa shape index (κ3) is 6.86. The fourth-order valence-corrected chi connectivity index (χ4v) is 6.33. The summed E-state index contributed by atoms with van der Waals surface area (Å²) in [6.07, 6.45) is 0.144. The Labute approximate surface area is 271 Å². The maximum atomic E-state index is 13.3. The Kier molecular flexibility index (Phi) is 9.25. The normalized spacial score (nSPS) is 18.5. The van der Waals surface area contributed by atoms with Crippen LogP contribution >= 0.6 is 11.6 Å². The molecule has 12 heteroatoms. The van der Waals surface area contributed by atoms with Crippen molar-refractivity contribution in [1.29, 1.82) is 0 Å². The highest BCUT2D eigenvalue weighted by Gasteiger charge is 2.40. The standard InChI is InChI=1S/C34H36ClN5O6/c1-21-4-3-5-27(35)32(21)37-34-36-28-11-6-22(16-29(28)46-34)17-30(41)38(2)24-9-7-23(8-10-24)25-18-40(19-26(25)33(43)44)31(42)20-39-12-14-45-15-13-39/h3-11,16,25-26H,12-15,17-20H2,1-2H3,(H,36,37)(H,43,44). The van der Waals surface area contributed by atoms with Crippen molar-refractivity contribution in [1.82, 2.24) is 14.8 Å². The van der Waals surface area contributed by atoms with E-state index in [1.54, 1.807) is 29.0 Å². The minimum absolute atomic E-state index is 0.0655. The van der Waals surface area contributed by atoms with Gasteiger partial charge in [0.15, 0.2) is 5.58 Å². The number of oxazole rings is 1. The Bertz CT molecular complexity index is 1730. The van der Waals surface area contributed by atoms with Crippen molar-refractivity contribution in [2.24, 2.45) is 5.92 Å². The number of carbonyl (C=O) groups excluding carboxylic acids is 2. The molecule has 2 atom stereocenters. The van der Waals surface area contributed by atoms with Crippen molar-refractivity contribution < 1.29 is 28.6 Å². The van der Waals surface area contributed by atoms with Crippen LogP contribution in [-0.4, -0.2) is 90.7 Å². The van der Waals surface area contributed by atoms with E-state index in [4.69, 9.17) is 20.8 Å². The van der Waals surface area contributed by atoms with Crippen LogP contribution in [0.15, 0.2) is 65.1 Å². The number of amides is 2. The average Bonchev–Trinajstić information content (AvgIpc) is 3.68. The predicted molar refractivity (Wildman–Crippen MR) is 175 cm³/mol. The summed E-state index contributed by atoms with van der Waals surface area (Å²) in [5, 5.41) is 13.6. The van der Waals surface area contributed by atoms with Gasteiger partial charge in [-0.1, -0.05) is 41.9 Å². The molecule has 3 heterocycles. The summed E-state index contributed by atoms with van der Waals surface area (Å²) in [7, 11) is 1.71. The number of carboxylic acids is 1. The first-order valence-corrected chi connectivity index (χ1v) is 15.6. The number of rotatable bonds is 9. The van der Waals surface area contributed by atoms with Crippen molar-refractivity contribution in [3.8, 4) is 0 Å². The molecular weight excluding hydrogens is 610 g/mol. The quantitative estimate of drug-likeness (QED) is 0.266. The van der Waals surface area contributed by atoms with Gasteiger partial charge in [0, 0.05) is 44.8 Å². The number of ether oxygens (including phenoxy) is 1. The summed E-state index contributed by atoms with van der Waals surface area (Å²) in [5.41, 5.74) is 5.16. The van der Waals surface area contributed by atoms with E-state index >= 15 is 0 Å². The lowest BCUT2D eigenvalue weighted by molar-refractivity contribution is -0.142. The van der Waals surface area contributed by atoms with Crippen LogP contribution < -0.4 is 10.2 Å². The molecule has 3 aromatic carbocycles. The number of likely N-dealkylation sites (N-methyl/N-ethyl adjacent to an activating group) is 1. The third-order valence-electron chi connectivity index (χ3n) is 8.80. The molecule has 2 N–H and O–H groups in total. The van der Waals surface area contributed by atoms with E-state index in [0.717, 1.165) is 22.4 Å². The number of nitrogens with zero attached hydrogens (tertiary/aromatic N) is 4. The predicted octanol–water partition coefficient (Wildman–Crippen LogP) is 4.70. The molecule has 0 radical (unpaired) electrons. The molecule has 0 saturated carbocycles. The van der Waals surface area contributed by atoms with Crippen molar-refractivity contribution in [3.05, 3.63) is 82.4 Å². The second-order valence-corrected chi connectivity index (χ2v) is 12.2. The van der Waals surface area contributed by atoms with Gasteiger partial charge in [0.25, 0.3) is 6.01 Å². The van der Waals surface area contributed by atoms with Crippen LogP contribution in [0.2, 0.25) is 5.02 Å². The smallest absolute Gasteiger partial charge is 0.308 e. The number of carboxylic acid groups (broad SMARTS) is 1. The van der Waals surface area contributed by atoms with Gasteiger partial charge < -0.3 is 29.4 Å². The van der Waals surface area contributed by atoms with Gasteiger partial charge in [0.2, 0.25) is 11.8 Å². The number of likely N-dealkylation sites (tertiary alicyclic amines) is 1. The molecule has 2 unspecified atom stereocenters. The highest BCUT2D eigenvalue weighted by atomic mass is 35.5. The van der Waals surface area contributed by atoms with Crippen LogP contribution in [-0.2, 0) is 25.5 Å². The number of hydrogen-bond acceptors (Lipinski definition) is 8. The summed E-state index contributed by atoms with van der Waals surface area (Å²) < 4.78 is 11.3. The zero-order chi connectivity index (χ0) is 32.4. The summed E-state index contributed by atoms with van der Waals surface area (Å²) in [5.74, 6) is -2.15. The maximum absolute atomic E-state index is 13.3. The van der Waals surface area contributed by atoms with E-state index in [9.17, 15) is 19.5 Å². The number of nitrogens with one attached hydrogen (secondary N) is 1. The van der Waals surface area contributed by atoms with Crippen LogP contribution in [0.3, 0.4) is 0 Å². The zero-order valence-corrected chi connectivity index (χ0v) is 26.5. The van der Waals surface area contributed by atoms with E-state index in [1.165, 1.54) is 0 Å². The summed E-state index contributed by atoms with van der Waals surface area (Å²) in [6, 6.07) is 18.7. The number of para-hydroxylation sites is 1. The van der Waals surface area contributed by atoms with Gasteiger partial charge >= 0.3 is 5.97 Å². The molecule has 46 heavy (non-hydrogen) atoms. The van der Waals surface area contributed by atoms with E-state index in [2.05, 4.69) is 10.3 Å². The number of morpholine rings is 1. The number of benzene rings is 3. The minimum Gasteiger partial charge on any atom is -0.481 e. The van der Waals surface area contributed by atoms with Gasteiger partial charge in [-0.05, 0) is 53.9 Å². The van der Waals surface area contributed by atoms with Crippen molar-refractivity contribution in [2.45, 2.75) is 19.3 Å². The molecule has 2 aliphatic heterocycles. The maximum Gasteiger partial charge on any atom is 0.308 e. The molecule has 2 aliphatic rings. The molecule has 2 amide bonds. The van der Waals surface area contributed by atoms with E-state index in [1.807, 2.05) is 60.4 Å². The van der Waals surface area contributed by atoms with E-state index in [-0.39, 0.29) is 37.2 Å². The number of aryl methyl sites for hydroxylation is 1. The first kappa shape index (κ1) is 31.5. The molecule has 1 aromatic heterocycles. The van der Waals surface area contributed by atoms with Crippen LogP contribution in [0.25, 0.3) is 11.1 Å². The number of aromatic nitrogens is 1. The Balaban J connectivity index is 1.09. The molecule has 11 nitrogen and oxygen atoms in total. The Morgan fingerprint density at radius 3 is 2.54 bits per heavy atom. The fraction of sp³-hybridized carbons (Fsp3) is 0.353. The average molecular weight is 646 g/mol. The largest absolute Gasteiger partial charge is 0.481 e. The second kappa shape index (κ2) is 13.5. The molecule has 2 saturated heterocycles. The molecule has 2 fully saturated rings. The first-order chi connectivity index (χ1) is 22.2. The summed E-state index contributed by atoms with van der Waals surface area (Å²) in [6.45, 7) is 5.29. The number of hydrogen-bond donors (Lipinski definition) is 2. The zero-order valence-electron chi connectivity index (χ0n) is 25.7. The molecule has 0 spiro atoms. The van der Waals surface area contributed by atoms with Gasteiger partial charge in [0.05, 0.1) is 42.8 Å². The number of halogens is 1. The lowest BCUT2D eigenvalue weighted by Crippen LogP contribution is -2.44. The van der Waals surface area contributed by atoms with Gasteiger partial charge in [0.1, 0.15) is 5.52 Å². The van der Waals surface area contributed by atoms with Crippen molar-refractivity contribution in [2.75, 3.05) is 63.2 Å². The van der Waals surface area contributed by atoms with Gasteiger partial charge in [-0.15, -0.1) is 0 Å². The molecular formula is C34H36ClN5O6. The lowest BCUT2D eigenvalue weighted by atomic mass is 9.89. The number of fused-ring (bicyclic) bond motifs is 1. The van der Waals surface area contributed by atoms with E-state index < -0.39 is 11.9 Å². The number of anilines is 3. The molecule has 240 valence electrons. The molecule has 6 rings (SSSR count). The topological polar surface area (TPSA) is 128 Å². The highest BCUT2D eigenvalue weighted by Crippen LogP contribution is 2.34. The van der Waals surface area contributed by atoms with Crippen LogP contribution in [0.5, 0.6) is 0 Å². The summed E-state index contributed by atoms with van der Waals surface area (Å²) >= 11 is 6.33. The van der Waals surface area contributed by atoms with Crippen LogP contribution in [0.1, 0.15) is 22.6 Å². The summed E-state index contributed by atoms with van der Waals surface area (Å²) in [4.78, 5) is 48.1. The van der Waals surface area contributed by atoms with Gasteiger partial charge in [-0.25, -0.2) is 0 Å². The van der Waals surface area contributed by atoms with Crippen molar-refractivity contribution >= 4 is 57.9 Å².